The van der Waals surface area contributed by atoms with Gasteiger partial charge in [-0.25, -0.2) is 0 Å². The number of hydrogen-bond acceptors (Lipinski definition) is 2. The van der Waals surface area contributed by atoms with Crippen molar-refractivity contribution in [3.05, 3.63) is 133 Å². The highest BCUT2D eigenvalue weighted by molar-refractivity contribution is 7.27. The van der Waals surface area contributed by atoms with Gasteiger partial charge in [0.1, 0.15) is 0 Å². The van der Waals surface area contributed by atoms with E-state index in [2.05, 4.69) is 133 Å². The summed E-state index contributed by atoms with van der Waals surface area (Å²) in [4.78, 5) is 0. The maximum atomic E-state index is 3.51. The monoisotopic (exact) mass is 501 g/mol. The minimum atomic E-state index is 1.09. The van der Waals surface area contributed by atoms with Crippen LogP contribution in [0, 0.1) is 0 Å². The summed E-state index contributed by atoms with van der Waals surface area (Å²) < 4.78 is 2.72. The summed E-state index contributed by atoms with van der Waals surface area (Å²) in [5.74, 6) is 0. The highest BCUT2D eigenvalue weighted by Gasteiger charge is 2.19. The lowest BCUT2D eigenvalue weighted by molar-refractivity contribution is 1.55. The van der Waals surface area contributed by atoms with Crippen LogP contribution in [0.5, 0.6) is 0 Å². The van der Waals surface area contributed by atoms with Gasteiger partial charge in [0, 0.05) is 42.5 Å². The molecule has 0 radical (unpaired) electrons. The Morgan fingerprint density at radius 2 is 0.974 bits per heavy atom. The summed E-state index contributed by atoms with van der Waals surface area (Å²) >= 11 is 1.93. The molecule has 0 aliphatic carbocycles. The molecule has 38 heavy (non-hydrogen) atoms. The number of hydrogen-bond donors (Lipinski definition) is 1. The Morgan fingerprint density at radius 3 is 1.74 bits per heavy atom. The van der Waals surface area contributed by atoms with E-state index in [1.54, 1.807) is 0 Å². The van der Waals surface area contributed by atoms with Gasteiger partial charge >= 0.3 is 0 Å². The molecule has 2 heteroatoms. The molecular weight excluding hydrogens is 478 g/mol. The third-order valence-corrected chi connectivity index (χ3v) is 8.86. The van der Waals surface area contributed by atoms with Crippen LogP contribution in [0.15, 0.2) is 133 Å². The van der Waals surface area contributed by atoms with Crippen LogP contribution in [0.1, 0.15) is 0 Å². The van der Waals surface area contributed by atoms with E-state index in [1.807, 2.05) is 17.4 Å². The summed E-state index contributed by atoms with van der Waals surface area (Å²) in [6.45, 7) is 0. The van der Waals surface area contributed by atoms with E-state index in [1.165, 1.54) is 63.6 Å². The SMILES string of the molecule is c1ccc(Nc2ccc(-c3cc4ccccc4c4c3sc3c5ccccc5c5ccccc5c34)cc2)cc1. The molecule has 1 aromatic heterocycles. The molecule has 0 fully saturated rings. The summed E-state index contributed by atoms with van der Waals surface area (Å²) in [7, 11) is 0. The molecule has 0 saturated carbocycles. The van der Waals surface area contributed by atoms with E-state index in [-0.39, 0.29) is 0 Å². The van der Waals surface area contributed by atoms with E-state index in [4.69, 9.17) is 0 Å². The van der Waals surface area contributed by atoms with Crippen molar-refractivity contribution in [1.82, 2.24) is 0 Å². The van der Waals surface area contributed by atoms with Crippen LogP contribution in [0.2, 0.25) is 0 Å². The Kier molecular flexibility index (Phi) is 4.76. The number of para-hydroxylation sites is 1. The predicted molar refractivity (Wildman–Crippen MR) is 167 cm³/mol. The Bertz CT molecular complexity index is 2140. The van der Waals surface area contributed by atoms with Gasteiger partial charge in [0.25, 0.3) is 0 Å². The first-order valence-electron chi connectivity index (χ1n) is 12.9. The number of rotatable bonds is 3. The molecule has 0 spiro atoms. The highest BCUT2D eigenvalue weighted by atomic mass is 32.1. The minimum Gasteiger partial charge on any atom is -0.356 e. The fraction of sp³-hybridized carbons (Fsp3) is 0. The van der Waals surface area contributed by atoms with E-state index in [9.17, 15) is 0 Å². The number of thiophene rings is 1. The molecule has 1 nitrogen and oxygen atoms in total. The molecule has 0 aliphatic rings. The molecule has 178 valence electrons. The quantitative estimate of drug-likeness (QED) is 0.237. The summed E-state index contributed by atoms with van der Waals surface area (Å²) in [6.07, 6.45) is 0. The second-order valence-electron chi connectivity index (χ2n) is 9.82. The second kappa shape index (κ2) is 8.44. The van der Waals surface area contributed by atoms with Gasteiger partial charge in [0.2, 0.25) is 0 Å². The Balaban J connectivity index is 1.44. The fourth-order valence-electron chi connectivity index (χ4n) is 5.88. The van der Waals surface area contributed by atoms with E-state index < -0.39 is 0 Å². The molecular formula is C36H23NS. The first-order chi connectivity index (χ1) is 18.8. The zero-order valence-electron chi connectivity index (χ0n) is 20.6. The molecule has 0 saturated heterocycles. The third-order valence-electron chi connectivity index (χ3n) is 7.60. The van der Waals surface area contributed by atoms with Crippen LogP contribution >= 0.6 is 11.3 Å². The van der Waals surface area contributed by atoms with Crippen molar-refractivity contribution in [3.8, 4) is 11.1 Å². The standard InChI is InChI=1S/C36H23NS/c1-2-11-25(12-3-1)37-26-20-18-23(19-21-26)32-22-24-10-4-5-13-27(24)33-34-30-16-8-6-14-28(30)29-15-7-9-17-31(29)35(34)38-36(32)33/h1-22,37H. The maximum Gasteiger partial charge on any atom is 0.0440 e. The summed E-state index contributed by atoms with van der Waals surface area (Å²) in [6, 6.07) is 48.1. The number of benzene rings is 7. The van der Waals surface area contributed by atoms with Gasteiger partial charge in [-0.1, -0.05) is 103 Å². The minimum absolute atomic E-state index is 1.09. The van der Waals surface area contributed by atoms with Crippen LogP contribution < -0.4 is 5.32 Å². The van der Waals surface area contributed by atoms with Gasteiger partial charge in [-0.3, -0.25) is 0 Å². The largest absolute Gasteiger partial charge is 0.356 e. The van der Waals surface area contributed by atoms with Crippen molar-refractivity contribution in [1.29, 1.82) is 0 Å². The number of nitrogens with one attached hydrogen (secondary N) is 1. The van der Waals surface area contributed by atoms with Crippen molar-refractivity contribution in [3.63, 3.8) is 0 Å². The molecule has 7 aromatic carbocycles. The van der Waals surface area contributed by atoms with Crippen molar-refractivity contribution >= 4 is 75.2 Å². The summed E-state index contributed by atoms with van der Waals surface area (Å²) in [5.41, 5.74) is 4.71. The molecule has 0 atom stereocenters. The van der Waals surface area contributed by atoms with Crippen LogP contribution in [0.3, 0.4) is 0 Å². The van der Waals surface area contributed by atoms with Crippen molar-refractivity contribution < 1.29 is 0 Å². The Hall–Kier alpha value is -4.66. The average Bonchev–Trinajstić information content (AvgIpc) is 3.40. The highest BCUT2D eigenvalue weighted by Crippen LogP contribution is 2.49. The van der Waals surface area contributed by atoms with E-state index in [0.717, 1.165) is 11.4 Å². The molecule has 8 rings (SSSR count). The third kappa shape index (κ3) is 3.24. The Labute approximate surface area is 224 Å². The topological polar surface area (TPSA) is 12.0 Å². The smallest absolute Gasteiger partial charge is 0.0440 e. The average molecular weight is 502 g/mol. The van der Waals surface area contributed by atoms with Crippen LogP contribution in [-0.4, -0.2) is 0 Å². The predicted octanol–water partition coefficient (Wildman–Crippen LogP) is 10.9. The first kappa shape index (κ1) is 21.4. The van der Waals surface area contributed by atoms with Crippen molar-refractivity contribution in [2.75, 3.05) is 5.32 Å². The zero-order chi connectivity index (χ0) is 25.1. The van der Waals surface area contributed by atoms with Crippen LogP contribution in [-0.2, 0) is 0 Å². The molecule has 0 amide bonds. The molecule has 0 unspecified atom stereocenters. The normalized spacial score (nSPS) is 11.7. The zero-order valence-corrected chi connectivity index (χ0v) is 21.4. The number of anilines is 2. The van der Waals surface area contributed by atoms with Gasteiger partial charge in [0.05, 0.1) is 0 Å². The maximum absolute atomic E-state index is 3.51. The van der Waals surface area contributed by atoms with E-state index >= 15 is 0 Å². The van der Waals surface area contributed by atoms with E-state index in [0.29, 0.717) is 0 Å². The molecule has 1 N–H and O–H groups in total. The molecule has 1 heterocycles. The van der Waals surface area contributed by atoms with Crippen molar-refractivity contribution in [2.45, 2.75) is 0 Å². The van der Waals surface area contributed by atoms with Crippen molar-refractivity contribution in [2.24, 2.45) is 0 Å². The molecule has 0 aliphatic heterocycles. The Morgan fingerprint density at radius 1 is 0.421 bits per heavy atom. The van der Waals surface area contributed by atoms with Gasteiger partial charge < -0.3 is 5.32 Å². The van der Waals surface area contributed by atoms with Gasteiger partial charge in [-0.2, -0.15) is 0 Å². The molecule has 0 bridgehead atoms. The van der Waals surface area contributed by atoms with Gasteiger partial charge in [-0.15, -0.1) is 11.3 Å². The lowest BCUT2D eigenvalue weighted by Crippen LogP contribution is -1.89. The second-order valence-corrected chi connectivity index (χ2v) is 10.8. The van der Waals surface area contributed by atoms with Crippen LogP contribution in [0.4, 0.5) is 11.4 Å². The molecule has 8 aromatic rings. The van der Waals surface area contributed by atoms with Crippen LogP contribution in [0.25, 0.3) is 63.6 Å². The summed E-state index contributed by atoms with van der Waals surface area (Å²) in [5, 5.41) is 14.2. The van der Waals surface area contributed by atoms with Gasteiger partial charge in [-0.05, 0) is 62.8 Å². The first-order valence-corrected chi connectivity index (χ1v) is 13.8. The lowest BCUT2D eigenvalue weighted by atomic mass is 9.93. The lowest BCUT2D eigenvalue weighted by Gasteiger charge is -2.11. The number of fused-ring (bicyclic) bond motifs is 10. The fourth-order valence-corrected chi connectivity index (χ4v) is 7.29. The van der Waals surface area contributed by atoms with Gasteiger partial charge in [0.15, 0.2) is 0 Å².